The summed E-state index contributed by atoms with van der Waals surface area (Å²) in [5, 5.41) is 0. The number of hydrogen-bond donors (Lipinski definition) is 1. The number of ether oxygens (including phenoxy) is 2. The molecule has 2 rings (SSSR count). The van der Waals surface area contributed by atoms with Crippen molar-refractivity contribution >= 4 is 11.7 Å². The number of nitrogens with zero attached hydrogens (tertiary/aromatic N) is 1. The first-order chi connectivity index (χ1) is 10.0. The quantitative estimate of drug-likeness (QED) is 0.872. The van der Waals surface area contributed by atoms with Crippen molar-refractivity contribution in [1.82, 2.24) is 4.98 Å². The van der Waals surface area contributed by atoms with Gasteiger partial charge in [-0.1, -0.05) is 32.0 Å². The van der Waals surface area contributed by atoms with Gasteiger partial charge in [-0.25, -0.2) is 9.78 Å². The molecule has 0 aliphatic rings. The predicted octanol–water partition coefficient (Wildman–Crippen LogP) is 3.37. The Bertz CT molecular complexity index is 654. The fraction of sp³-hybridized carbons (Fsp3) is 0.250. The lowest BCUT2D eigenvalue weighted by Crippen LogP contribution is -2.08. The molecule has 2 aromatic rings. The Kier molecular flexibility index (Phi) is 4.42. The monoisotopic (exact) mass is 286 g/mol. The van der Waals surface area contributed by atoms with Crippen molar-refractivity contribution in [3.8, 4) is 11.6 Å². The summed E-state index contributed by atoms with van der Waals surface area (Å²) in [6.07, 6.45) is 1.47. The number of anilines is 1. The highest BCUT2D eigenvalue weighted by molar-refractivity contribution is 5.96. The van der Waals surface area contributed by atoms with Crippen LogP contribution in [0.4, 0.5) is 5.69 Å². The Balaban J connectivity index is 2.39. The molecule has 1 aromatic carbocycles. The van der Waals surface area contributed by atoms with Crippen molar-refractivity contribution < 1.29 is 14.3 Å². The third-order valence-electron chi connectivity index (χ3n) is 3.11. The van der Waals surface area contributed by atoms with Gasteiger partial charge in [0.2, 0.25) is 5.88 Å². The third kappa shape index (κ3) is 3.13. The summed E-state index contributed by atoms with van der Waals surface area (Å²) in [7, 11) is 1.30. The first-order valence-electron chi connectivity index (χ1n) is 6.64. The van der Waals surface area contributed by atoms with Gasteiger partial charge in [0.05, 0.1) is 12.7 Å². The lowest BCUT2D eigenvalue weighted by Gasteiger charge is -2.14. The number of nitrogen functional groups attached to an aromatic ring is 1. The van der Waals surface area contributed by atoms with E-state index < -0.39 is 5.97 Å². The lowest BCUT2D eigenvalue weighted by molar-refractivity contribution is 0.0601. The molecular weight excluding hydrogens is 268 g/mol. The van der Waals surface area contributed by atoms with Crippen LogP contribution in [0.25, 0.3) is 0 Å². The normalized spacial score (nSPS) is 10.5. The third-order valence-corrected chi connectivity index (χ3v) is 3.11. The van der Waals surface area contributed by atoms with E-state index in [-0.39, 0.29) is 17.1 Å². The Labute approximate surface area is 123 Å². The molecule has 5 nitrogen and oxygen atoms in total. The maximum absolute atomic E-state index is 11.6. The number of aromatic nitrogens is 1. The second-order valence-corrected chi connectivity index (χ2v) is 4.86. The van der Waals surface area contributed by atoms with Crippen LogP contribution >= 0.6 is 0 Å². The molecule has 0 aliphatic heterocycles. The van der Waals surface area contributed by atoms with Gasteiger partial charge in [-0.05, 0) is 23.6 Å². The smallest absolute Gasteiger partial charge is 0.340 e. The van der Waals surface area contributed by atoms with Gasteiger partial charge in [0.1, 0.15) is 11.4 Å². The van der Waals surface area contributed by atoms with E-state index in [1.165, 1.54) is 19.4 Å². The van der Waals surface area contributed by atoms with Gasteiger partial charge in [0.25, 0.3) is 0 Å². The molecule has 1 heterocycles. The summed E-state index contributed by atoms with van der Waals surface area (Å²) in [6, 6.07) is 9.16. The SMILES string of the molecule is COC(=O)c1ccnc(Oc2ccccc2C(C)C)c1N. The van der Waals surface area contributed by atoms with Crippen molar-refractivity contribution in [1.29, 1.82) is 0 Å². The zero-order valence-corrected chi connectivity index (χ0v) is 12.3. The minimum Gasteiger partial charge on any atom is -0.465 e. The molecule has 0 spiro atoms. The van der Waals surface area contributed by atoms with Crippen molar-refractivity contribution in [2.24, 2.45) is 0 Å². The maximum Gasteiger partial charge on any atom is 0.340 e. The molecular formula is C16H18N2O3. The number of rotatable bonds is 4. The van der Waals surface area contributed by atoms with Crippen LogP contribution in [0.2, 0.25) is 0 Å². The number of para-hydroxylation sites is 1. The Hall–Kier alpha value is -2.56. The average Bonchev–Trinajstić information content (AvgIpc) is 2.49. The first-order valence-corrected chi connectivity index (χ1v) is 6.64. The molecule has 0 fully saturated rings. The Morgan fingerprint density at radius 2 is 1.95 bits per heavy atom. The second-order valence-electron chi connectivity index (χ2n) is 4.86. The largest absolute Gasteiger partial charge is 0.465 e. The van der Waals surface area contributed by atoms with Crippen LogP contribution in [-0.4, -0.2) is 18.1 Å². The highest BCUT2D eigenvalue weighted by Crippen LogP contribution is 2.33. The molecule has 0 radical (unpaired) electrons. The predicted molar refractivity (Wildman–Crippen MR) is 80.6 cm³/mol. The molecule has 0 unspecified atom stereocenters. The van der Waals surface area contributed by atoms with Gasteiger partial charge in [0.15, 0.2) is 0 Å². The molecule has 1 aromatic heterocycles. The number of esters is 1. The molecule has 110 valence electrons. The fourth-order valence-electron chi connectivity index (χ4n) is 1.98. The van der Waals surface area contributed by atoms with Crippen LogP contribution in [0.5, 0.6) is 11.6 Å². The molecule has 0 saturated heterocycles. The van der Waals surface area contributed by atoms with E-state index in [1.54, 1.807) is 0 Å². The van der Waals surface area contributed by atoms with Crippen LogP contribution in [-0.2, 0) is 4.74 Å². The Morgan fingerprint density at radius 1 is 1.24 bits per heavy atom. The number of hydrogen-bond acceptors (Lipinski definition) is 5. The highest BCUT2D eigenvalue weighted by Gasteiger charge is 2.16. The van der Waals surface area contributed by atoms with E-state index in [0.717, 1.165) is 5.56 Å². The fourth-order valence-corrected chi connectivity index (χ4v) is 1.98. The summed E-state index contributed by atoms with van der Waals surface area (Å²) in [4.78, 5) is 15.7. The van der Waals surface area contributed by atoms with Gasteiger partial charge in [-0.15, -0.1) is 0 Å². The van der Waals surface area contributed by atoms with Crippen LogP contribution in [0.3, 0.4) is 0 Å². The van der Waals surface area contributed by atoms with Gasteiger partial charge >= 0.3 is 5.97 Å². The molecule has 21 heavy (non-hydrogen) atoms. The summed E-state index contributed by atoms with van der Waals surface area (Å²) >= 11 is 0. The molecule has 2 N–H and O–H groups in total. The van der Waals surface area contributed by atoms with Crippen LogP contribution in [0, 0.1) is 0 Å². The number of carbonyl (C=O) groups is 1. The van der Waals surface area contributed by atoms with E-state index in [1.807, 2.05) is 24.3 Å². The van der Waals surface area contributed by atoms with Crippen molar-refractivity contribution in [2.45, 2.75) is 19.8 Å². The van der Waals surface area contributed by atoms with Gasteiger partial charge < -0.3 is 15.2 Å². The number of carbonyl (C=O) groups excluding carboxylic acids is 1. The highest BCUT2D eigenvalue weighted by atomic mass is 16.5. The van der Waals surface area contributed by atoms with E-state index in [0.29, 0.717) is 11.7 Å². The number of methoxy groups -OCH3 is 1. The number of pyridine rings is 1. The zero-order chi connectivity index (χ0) is 15.4. The van der Waals surface area contributed by atoms with Crippen LogP contribution in [0.15, 0.2) is 36.5 Å². The molecule has 0 amide bonds. The van der Waals surface area contributed by atoms with Crippen molar-refractivity contribution in [3.05, 3.63) is 47.7 Å². The standard InChI is InChI=1S/C16H18N2O3/c1-10(2)11-6-4-5-7-13(11)21-15-14(17)12(8-9-18-15)16(19)20-3/h4-10H,17H2,1-3H3. The number of benzene rings is 1. The van der Waals surface area contributed by atoms with E-state index in [2.05, 4.69) is 23.6 Å². The van der Waals surface area contributed by atoms with Crippen molar-refractivity contribution in [3.63, 3.8) is 0 Å². The summed E-state index contributed by atoms with van der Waals surface area (Å²) in [5.74, 6) is 0.655. The van der Waals surface area contributed by atoms with Gasteiger partial charge in [0, 0.05) is 6.20 Å². The van der Waals surface area contributed by atoms with Crippen LogP contribution in [0.1, 0.15) is 35.7 Å². The maximum atomic E-state index is 11.6. The first kappa shape index (κ1) is 14.8. The van der Waals surface area contributed by atoms with E-state index in [4.69, 9.17) is 10.5 Å². The minimum absolute atomic E-state index is 0.169. The topological polar surface area (TPSA) is 74.4 Å². The summed E-state index contributed by atoms with van der Waals surface area (Å²) in [6.45, 7) is 4.15. The lowest BCUT2D eigenvalue weighted by atomic mass is 10.0. The average molecular weight is 286 g/mol. The van der Waals surface area contributed by atoms with Crippen LogP contribution < -0.4 is 10.5 Å². The summed E-state index contributed by atoms with van der Waals surface area (Å²) in [5.41, 5.74) is 7.40. The molecule has 5 heteroatoms. The Morgan fingerprint density at radius 3 is 2.62 bits per heavy atom. The van der Waals surface area contributed by atoms with Gasteiger partial charge in [-0.2, -0.15) is 0 Å². The zero-order valence-electron chi connectivity index (χ0n) is 12.3. The van der Waals surface area contributed by atoms with Crippen molar-refractivity contribution in [2.75, 3.05) is 12.8 Å². The minimum atomic E-state index is -0.517. The molecule has 0 aliphatic carbocycles. The molecule has 0 bridgehead atoms. The molecule has 0 atom stereocenters. The van der Waals surface area contributed by atoms with E-state index >= 15 is 0 Å². The second kappa shape index (κ2) is 6.26. The summed E-state index contributed by atoms with van der Waals surface area (Å²) < 4.78 is 10.5. The van der Waals surface area contributed by atoms with E-state index in [9.17, 15) is 4.79 Å². The number of nitrogens with two attached hydrogens (primary N) is 1. The van der Waals surface area contributed by atoms with Gasteiger partial charge in [-0.3, -0.25) is 0 Å². The molecule has 0 saturated carbocycles.